The van der Waals surface area contributed by atoms with Crippen LogP contribution in [-0.4, -0.2) is 17.1 Å². The fourth-order valence-corrected chi connectivity index (χ4v) is 5.28. The summed E-state index contributed by atoms with van der Waals surface area (Å²) < 4.78 is 26.6. The van der Waals surface area contributed by atoms with E-state index in [4.69, 9.17) is 9.15 Å². The van der Waals surface area contributed by atoms with Crippen molar-refractivity contribution in [3.8, 4) is 17.4 Å². The number of rotatable bonds is 5. The number of hydrogen-bond donors (Lipinski definition) is 0. The van der Waals surface area contributed by atoms with Gasteiger partial charge in [0.1, 0.15) is 17.3 Å². The third-order valence-electron chi connectivity index (χ3n) is 5.92. The van der Waals surface area contributed by atoms with Gasteiger partial charge >= 0.3 is 5.97 Å². The Hall–Kier alpha value is -4.55. The predicted octanol–water partition coefficient (Wildman–Crippen LogP) is 4.07. The van der Waals surface area contributed by atoms with Crippen LogP contribution in [0, 0.1) is 17.1 Å². The largest absolute Gasteiger partial charge is 0.463 e. The molecule has 0 N–H and O–H groups in total. The van der Waals surface area contributed by atoms with Crippen molar-refractivity contribution >= 4 is 23.4 Å². The van der Waals surface area contributed by atoms with E-state index in [1.165, 1.54) is 16.7 Å². The van der Waals surface area contributed by atoms with Crippen LogP contribution in [0.25, 0.3) is 17.4 Å². The van der Waals surface area contributed by atoms with E-state index in [1.807, 2.05) is 6.07 Å². The van der Waals surface area contributed by atoms with Crippen LogP contribution in [0.5, 0.6) is 0 Å². The Morgan fingerprint density at radius 2 is 1.97 bits per heavy atom. The summed E-state index contributed by atoms with van der Waals surface area (Å²) in [6.07, 6.45) is 1.60. The number of carbonyl (C=O) groups is 1. The Morgan fingerprint density at radius 1 is 1.22 bits per heavy atom. The number of fused-ring (bicyclic) bond motifs is 1. The van der Waals surface area contributed by atoms with E-state index in [-0.39, 0.29) is 17.7 Å². The van der Waals surface area contributed by atoms with E-state index >= 15 is 0 Å². The van der Waals surface area contributed by atoms with Crippen LogP contribution in [0.15, 0.2) is 86.1 Å². The highest BCUT2D eigenvalue weighted by Crippen LogP contribution is 2.31. The first-order valence-corrected chi connectivity index (χ1v) is 12.3. The molecule has 0 aliphatic carbocycles. The second-order valence-corrected chi connectivity index (χ2v) is 9.22. The molecule has 9 heteroatoms. The van der Waals surface area contributed by atoms with Crippen molar-refractivity contribution in [2.75, 3.05) is 6.61 Å². The van der Waals surface area contributed by atoms with Crippen LogP contribution in [0.2, 0.25) is 0 Å². The van der Waals surface area contributed by atoms with Crippen LogP contribution in [0.3, 0.4) is 0 Å². The summed E-state index contributed by atoms with van der Waals surface area (Å²) in [6.45, 7) is 3.54. The summed E-state index contributed by atoms with van der Waals surface area (Å²) in [5, 5.41) is 9.39. The minimum atomic E-state index is -0.826. The number of esters is 1. The molecule has 2 aromatic heterocycles. The lowest BCUT2D eigenvalue weighted by atomic mass is 9.96. The van der Waals surface area contributed by atoms with E-state index in [2.05, 4.69) is 11.1 Å². The molecule has 184 valence electrons. The molecule has 0 saturated heterocycles. The topological polar surface area (TPSA) is 97.6 Å². The van der Waals surface area contributed by atoms with Gasteiger partial charge in [-0.25, -0.2) is 14.2 Å². The SMILES string of the molecule is CCOC(=O)C1=C(C)N=c2sc(=Cc3ccc(-c4ccccc4C#N)o3)c(=O)n2[C@H]1c1ccc(F)cc1. The number of nitriles is 1. The maximum absolute atomic E-state index is 13.7. The first-order valence-electron chi connectivity index (χ1n) is 11.5. The number of thiazole rings is 1. The van der Waals surface area contributed by atoms with Crippen molar-refractivity contribution in [1.82, 2.24) is 4.57 Å². The van der Waals surface area contributed by atoms with Gasteiger partial charge in [0.15, 0.2) is 4.80 Å². The second-order valence-electron chi connectivity index (χ2n) is 8.21. The second kappa shape index (κ2) is 9.84. The summed E-state index contributed by atoms with van der Waals surface area (Å²) >= 11 is 1.16. The minimum absolute atomic E-state index is 0.159. The molecule has 1 aliphatic heterocycles. The third kappa shape index (κ3) is 4.43. The number of hydrogen-bond acceptors (Lipinski definition) is 7. The number of halogens is 1. The maximum atomic E-state index is 13.7. The van der Waals surface area contributed by atoms with E-state index < -0.39 is 17.8 Å². The number of ether oxygens (including phenoxy) is 1. The Bertz CT molecular complexity index is 1770. The summed E-state index contributed by atoms with van der Waals surface area (Å²) in [5.74, 6) is -0.0891. The normalized spacial score (nSPS) is 15.2. The molecule has 4 aromatic rings. The number of nitrogens with zero attached hydrogens (tertiary/aromatic N) is 3. The van der Waals surface area contributed by atoms with Crippen LogP contribution in [-0.2, 0) is 9.53 Å². The molecule has 37 heavy (non-hydrogen) atoms. The zero-order valence-corrected chi connectivity index (χ0v) is 20.7. The maximum Gasteiger partial charge on any atom is 0.338 e. The Morgan fingerprint density at radius 3 is 2.70 bits per heavy atom. The summed E-state index contributed by atoms with van der Waals surface area (Å²) in [5.41, 5.74) is 1.96. The summed E-state index contributed by atoms with van der Waals surface area (Å²) in [6, 6.07) is 17.5. The van der Waals surface area contributed by atoms with Crippen molar-refractivity contribution in [2.24, 2.45) is 4.99 Å². The van der Waals surface area contributed by atoms with Crippen molar-refractivity contribution < 1.29 is 18.3 Å². The molecule has 0 amide bonds. The lowest BCUT2D eigenvalue weighted by Gasteiger charge is -2.24. The third-order valence-corrected chi connectivity index (χ3v) is 6.90. The van der Waals surface area contributed by atoms with Gasteiger partial charge in [-0.1, -0.05) is 35.6 Å². The van der Waals surface area contributed by atoms with Crippen molar-refractivity contribution in [2.45, 2.75) is 19.9 Å². The number of furan rings is 1. The zero-order chi connectivity index (χ0) is 26.1. The average Bonchev–Trinajstić information content (AvgIpc) is 3.48. The highest BCUT2D eigenvalue weighted by molar-refractivity contribution is 7.07. The summed E-state index contributed by atoms with van der Waals surface area (Å²) in [7, 11) is 0. The molecule has 5 rings (SSSR count). The van der Waals surface area contributed by atoms with E-state index in [9.17, 15) is 19.2 Å². The fourth-order valence-electron chi connectivity index (χ4n) is 4.25. The lowest BCUT2D eigenvalue weighted by Crippen LogP contribution is -2.39. The smallest absolute Gasteiger partial charge is 0.338 e. The quantitative estimate of drug-likeness (QED) is 0.375. The standard InChI is InChI=1S/C28H20FN3O4S/c1-3-35-27(34)24-16(2)31-28-32(25(24)17-8-10-19(29)11-9-17)26(33)23(37-28)14-20-12-13-22(36-20)21-7-5-4-6-18(21)15-30/h4-14,25H,3H2,1-2H3/t25-/m0/s1. The molecule has 0 unspecified atom stereocenters. The lowest BCUT2D eigenvalue weighted by molar-refractivity contribution is -0.139. The predicted molar refractivity (Wildman–Crippen MR) is 136 cm³/mol. The van der Waals surface area contributed by atoms with Crippen LogP contribution >= 0.6 is 11.3 Å². The van der Waals surface area contributed by atoms with Gasteiger partial charge < -0.3 is 9.15 Å². The fraction of sp³-hybridized carbons (Fsp3) is 0.143. The van der Waals surface area contributed by atoms with E-state index in [0.29, 0.717) is 43.2 Å². The molecule has 0 bridgehead atoms. The van der Waals surface area contributed by atoms with Crippen molar-refractivity contribution in [3.05, 3.63) is 114 Å². The molecule has 7 nitrogen and oxygen atoms in total. The van der Waals surface area contributed by atoms with Gasteiger partial charge in [0.2, 0.25) is 0 Å². The van der Waals surface area contributed by atoms with Gasteiger partial charge in [0.25, 0.3) is 5.56 Å². The molecule has 0 spiro atoms. The Labute approximate surface area is 214 Å². The van der Waals surface area contributed by atoms with Gasteiger partial charge in [0, 0.05) is 11.6 Å². The zero-order valence-electron chi connectivity index (χ0n) is 19.9. The van der Waals surface area contributed by atoms with Crippen molar-refractivity contribution in [1.29, 1.82) is 5.26 Å². The van der Waals surface area contributed by atoms with Crippen LogP contribution in [0.1, 0.15) is 36.8 Å². The first kappa shape index (κ1) is 24.2. The van der Waals surface area contributed by atoms with Crippen LogP contribution in [0.4, 0.5) is 4.39 Å². The number of allylic oxidation sites excluding steroid dienone is 1. The highest BCUT2D eigenvalue weighted by atomic mass is 32.1. The molecule has 0 saturated carbocycles. The van der Waals surface area contributed by atoms with E-state index in [0.717, 1.165) is 11.3 Å². The first-order chi connectivity index (χ1) is 17.9. The molecule has 0 fully saturated rings. The number of carbonyl (C=O) groups excluding carboxylic acids is 1. The molecule has 1 aliphatic rings. The van der Waals surface area contributed by atoms with Gasteiger partial charge in [-0.3, -0.25) is 9.36 Å². The highest BCUT2D eigenvalue weighted by Gasteiger charge is 2.33. The van der Waals surface area contributed by atoms with Gasteiger partial charge in [-0.05, 0) is 55.8 Å². The van der Waals surface area contributed by atoms with E-state index in [1.54, 1.807) is 62.4 Å². The Balaban J connectivity index is 1.64. The molecule has 2 aromatic carbocycles. The number of benzene rings is 2. The minimum Gasteiger partial charge on any atom is -0.463 e. The summed E-state index contributed by atoms with van der Waals surface area (Å²) in [4.78, 5) is 31.4. The molecular weight excluding hydrogens is 493 g/mol. The van der Waals surface area contributed by atoms with Crippen molar-refractivity contribution in [3.63, 3.8) is 0 Å². The average molecular weight is 514 g/mol. The van der Waals surface area contributed by atoms with Gasteiger partial charge in [0.05, 0.1) is 40.1 Å². The van der Waals surface area contributed by atoms with Crippen LogP contribution < -0.4 is 14.9 Å². The monoisotopic (exact) mass is 513 g/mol. The number of aromatic nitrogens is 1. The molecule has 0 radical (unpaired) electrons. The van der Waals surface area contributed by atoms with Gasteiger partial charge in [-0.2, -0.15) is 5.26 Å². The Kier molecular flexibility index (Phi) is 6.42. The molecule has 3 heterocycles. The molecular formula is C28H20FN3O4S. The molecule has 1 atom stereocenters. The van der Waals surface area contributed by atoms with Gasteiger partial charge in [-0.15, -0.1) is 0 Å².